The van der Waals surface area contributed by atoms with Gasteiger partial charge in [0, 0.05) is 11.8 Å². The van der Waals surface area contributed by atoms with Gasteiger partial charge >= 0.3 is 0 Å². The highest BCUT2D eigenvalue weighted by Crippen LogP contribution is 2.36. The average Bonchev–Trinajstić information content (AvgIpc) is 2.60. The van der Waals surface area contributed by atoms with Crippen LogP contribution >= 0.6 is 0 Å². The number of ether oxygens (including phenoxy) is 2. The summed E-state index contributed by atoms with van der Waals surface area (Å²) in [4.78, 5) is 0. The van der Waals surface area contributed by atoms with Crippen LogP contribution in [-0.4, -0.2) is 39.7 Å². The summed E-state index contributed by atoms with van der Waals surface area (Å²) in [7, 11) is -0.812. The maximum Gasteiger partial charge on any atom is 0.253 e. The van der Waals surface area contributed by atoms with Gasteiger partial charge in [0.1, 0.15) is 0 Å². The van der Waals surface area contributed by atoms with Gasteiger partial charge in [-0.15, -0.1) is 0 Å². The molecule has 2 aromatic carbocycles. The minimum absolute atomic E-state index is 0.0835. The van der Waals surface area contributed by atoms with E-state index in [1.54, 1.807) is 0 Å². The molecule has 0 bridgehead atoms. The van der Waals surface area contributed by atoms with E-state index in [2.05, 4.69) is 4.40 Å². The van der Waals surface area contributed by atoms with Crippen LogP contribution in [0.5, 0.6) is 17.2 Å². The predicted octanol–water partition coefficient (Wildman–Crippen LogP) is 2.40. The largest absolute Gasteiger partial charge is 0.502 e. The molecule has 0 spiro atoms. The van der Waals surface area contributed by atoms with E-state index in [0.29, 0.717) is 12.0 Å². The maximum absolute atomic E-state index is 12.0. The molecular weight excluding hydrogens is 330 g/mol. The summed E-state index contributed by atoms with van der Waals surface area (Å²) in [6.45, 7) is 0. The fourth-order valence-corrected chi connectivity index (χ4v) is 2.96. The number of phenols is 1. The molecule has 0 aromatic heterocycles. The number of hydrogen-bond donors (Lipinski definition) is 1. The molecule has 0 aliphatic heterocycles. The highest BCUT2D eigenvalue weighted by molar-refractivity contribution is 7.90. The summed E-state index contributed by atoms with van der Waals surface area (Å²) >= 11 is 0. The summed E-state index contributed by atoms with van der Waals surface area (Å²) in [6, 6.07) is 12.3. The molecule has 0 saturated carbocycles. The predicted molar refractivity (Wildman–Crippen MR) is 92.7 cm³/mol. The van der Waals surface area contributed by atoms with E-state index in [4.69, 9.17) is 9.47 Å². The van der Waals surface area contributed by atoms with Crippen molar-refractivity contribution >= 4 is 16.2 Å². The Hall–Kier alpha value is -2.54. The Balaban J connectivity index is 2.14. The third kappa shape index (κ3) is 4.73. The number of rotatable bonds is 7. The van der Waals surface area contributed by atoms with Gasteiger partial charge in [-0.1, -0.05) is 30.3 Å². The summed E-state index contributed by atoms with van der Waals surface area (Å²) < 4.78 is 37.8. The highest BCUT2D eigenvalue weighted by Gasteiger charge is 2.12. The molecule has 0 amide bonds. The fourth-order valence-electron chi connectivity index (χ4n) is 2.07. The molecule has 2 rings (SSSR count). The standard InChI is InChI=1S/C17H19NO5S/c1-22-15-10-14(11-16(23-2)17(15)19)12-18-24(20,21)9-8-13-6-4-3-5-7-13/h3-7,10-12,19H,8-9H2,1-2H3/b18-12+. The zero-order chi connectivity index (χ0) is 17.6. The van der Waals surface area contributed by atoms with Crippen molar-refractivity contribution in [1.29, 1.82) is 0 Å². The molecule has 0 atom stereocenters. The lowest BCUT2D eigenvalue weighted by Gasteiger charge is -2.09. The number of hydrogen-bond acceptors (Lipinski definition) is 5. The topological polar surface area (TPSA) is 85.2 Å². The third-order valence-corrected chi connectivity index (χ3v) is 4.50. The van der Waals surface area contributed by atoms with Crippen molar-refractivity contribution < 1.29 is 23.0 Å². The van der Waals surface area contributed by atoms with E-state index in [1.165, 1.54) is 32.6 Å². The number of benzene rings is 2. The van der Waals surface area contributed by atoms with Crippen LogP contribution in [-0.2, 0) is 16.4 Å². The molecule has 0 aliphatic carbocycles. The van der Waals surface area contributed by atoms with Gasteiger partial charge in [0.2, 0.25) is 5.75 Å². The Labute approximate surface area is 141 Å². The molecule has 7 heteroatoms. The van der Waals surface area contributed by atoms with Crippen molar-refractivity contribution in [3.05, 3.63) is 53.6 Å². The Bertz CT molecular complexity index is 791. The number of phenolic OH excluding ortho intramolecular Hbond substituents is 1. The third-order valence-electron chi connectivity index (χ3n) is 3.36. The van der Waals surface area contributed by atoms with Gasteiger partial charge in [0.25, 0.3) is 10.0 Å². The van der Waals surface area contributed by atoms with Crippen molar-refractivity contribution in [1.82, 2.24) is 0 Å². The lowest BCUT2D eigenvalue weighted by molar-refractivity contribution is 0.340. The van der Waals surface area contributed by atoms with E-state index >= 15 is 0 Å². The zero-order valence-electron chi connectivity index (χ0n) is 13.5. The van der Waals surface area contributed by atoms with Crippen molar-refractivity contribution in [2.75, 3.05) is 20.0 Å². The molecule has 2 aromatic rings. The van der Waals surface area contributed by atoms with E-state index in [-0.39, 0.29) is 23.0 Å². The Morgan fingerprint density at radius 1 is 1.08 bits per heavy atom. The highest BCUT2D eigenvalue weighted by atomic mass is 32.2. The summed E-state index contributed by atoms with van der Waals surface area (Å²) in [5, 5.41) is 9.84. The number of aromatic hydroxyl groups is 1. The molecule has 0 fully saturated rings. The van der Waals surface area contributed by atoms with Crippen LogP contribution in [0.3, 0.4) is 0 Å². The van der Waals surface area contributed by atoms with Gasteiger partial charge in [-0.2, -0.15) is 4.40 Å². The van der Waals surface area contributed by atoms with Crippen molar-refractivity contribution in [3.63, 3.8) is 0 Å². The molecule has 0 unspecified atom stereocenters. The van der Waals surface area contributed by atoms with Crippen molar-refractivity contribution in [2.24, 2.45) is 4.40 Å². The van der Waals surface area contributed by atoms with E-state index in [1.807, 2.05) is 30.3 Å². The molecule has 0 saturated heterocycles. The molecule has 0 heterocycles. The lowest BCUT2D eigenvalue weighted by Crippen LogP contribution is -2.06. The number of nitrogens with zero attached hydrogens (tertiary/aromatic N) is 1. The number of sulfonamides is 1. The summed E-state index contributed by atoms with van der Waals surface area (Å²) in [6.07, 6.45) is 1.60. The molecule has 1 N–H and O–H groups in total. The van der Waals surface area contributed by atoms with Crippen LogP contribution in [0.25, 0.3) is 0 Å². The second-order valence-corrected chi connectivity index (χ2v) is 6.81. The quantitative estimate of drug-likeness (QED) is 0.776. The second kappa shape index (κ2) is 7.83. The Morgan fingerprint density at radius 3 is 2.21 bits per heavy atom. The molecule has 24 heavy (non-hydrogen) atoms. The molecule has 0 aliphatic rings. The monoisotopic (exact) mass is 349 g/mol. The minimum Gasteiger partial charge on any atom is -0.502 e. The normalized spacial score (nSPS) is 11.6. The van der Waals surface area contributed by atoms with Crippen LogP contribution in [0.15, 0.2) is 46.9 Å². The van der Waals surface area contributed by atoms with Crippen LogP contribution in [0, 0.1) is 0 Å². The van der Waals surface area contributed by atoms with E-state index in [0.717, 1.165) is 5.56 Å². The number of aryl methyl sites for hydroxylation is 1. The average molecular weight is 349 g/mol. The van der Waals surface area contributed by atoms with Crippen molar-refractivity contribution in [3.8, 4) is 17.2 Å². The Kier molecular flexibility index (Phi) is 5.81. The Morgan fingerprint density at radius 2 is 1.67 bits per heavy atom. The molecule has 128 valence electrons. The molecular formula is C17H19NO5S. The van der Waals surface area contributed by atoms with Gasteiger partial charge in [-0.05, 0) is 24.1 Å². The van der Waals surface area contributed by atoms with E-state index in [9.17, 15) is 13.5 Å². The van der Waals surface area contributed by atoms with Gasteiger partial charge in [-0.25, -0.2) is 8.42 Å². The molecule has 6 nitrogen and oxygen atoms in total. The molecule has 0 radical (unpaired) electrons. The first-order valence-electron chi connectivity index (χ1n) is 7.22. The lowest BCUT2D eigenvalue weighted by atomic mass is 10.2. The SMILES string of the molecule is COc1cc(/C=N/S(=O)(=O)CCc2ccccc2)cc(OC)c1O. The fraction of sp³-hybridized carbons (Fsp3) is 0.235. The first-order chi connectivity index (χ1) is 11.4. The van der Waals surface area contributed by atoms with Gasteiger partial charge < -0.3 is 14.6 Å². The maximum atomic E-state index is 12.0. The minimum atomic E-state index is -3.60. The van der Waals surface area contributed by atoms with Crippen LogP contribution in [0.2, 0.25) is 0 Å². The van der Waals surface area contributed by atoms with Crippen LogP contribution in [0.4, 0.5) is 0 Å². The van der Waals surface area contributed by atoms with Gasteiger partial charge in [-0.3, -0.25) is 0 Å². The second-order valence-electron chi connectivity index (χ2n) is 5.03. The number of methoxy groups -OCH3 is 2. The first-order valence-corrected chi connectivity index (χ1v) is 8.83. The van der Waals surface area contributed by atoms with Crippen LogP contribution in [0.1, 0.15) is 11.1 Å². The summed E-state index contributed by atoms with van der Waals surface area (Å²) in [5.74, 6) is 0.124. The van der Waals surface area contributed by atoms with Gasteiger partial charge in [0.15, 0.2) is 11.5 Å². The van der Waals surface area contributed by atoms with Crippen LogP contribution < -0.4 is 9.47 Å². The smallest absolute Gasteiger partial charge is 0.253 e. The first kappa shape index (κ1) is 17.8. The zero-order valence-corrected chi connectivity index (χ0v) is 14.3. The van der Waals surface area contributed by atoms with Gasteiger partial charge in [0.05, 0.1) is 20.0 Å². The van der Waals surface area contributed by atoms with Crippen molar-refractivity contribution in [2.45, 2.75) is 6.42 Å². The summed E-state index contributed by atoms with van der Waals surface area (Å²) in [5.41, 5.74) is 1.38. The van der Waals surface area contributed by atoms with E-state index < -0.39 is 10.0 Å².